The van der Waals surface area contributed by atoms with E-state index in [1.54, 1.807) is 0 Å². The van der Waals surface area contributed by atoms with Crippen LogP contribution >= 0.6 is 0 Å². The molecule has 0 aromatic carbocycles. The molecule has 0 aliphatic heterocycles. The molecule has 1 amide bonds. The summed E-state index contributed by atoms with van der Waals surface area (Å²) in [6, 6.07) is -0.467. The largest absolute Gasteiger partial charge is 0.390 e. The summed E-state index contributed by atoms with van der Waals surface area (Å²) in [5.74, 6) is 0.730. The first-order valence-electron chi connectivity index (χ1n) is 8.99. The molecule has 0 radical (unpaired) electrons. The summed E-state index contributed by atoms with van der Waals surface area (Å²) in [6.07, 6.45) is 5.47. The second kappa shape index (κ2) is 6.48. The Balaban J connectivity index is 2.11. The topological polar surface area (TPSA) is 66.6 Å². The average molecular weight is 310 g/mol. The first kappa shape index (κ1) is 17.7. The van der Waals surface area contributed by atoms with Gasteiger partial charge >= 0.3 is 0 Å². The van der Waals surface area contributed by atoms with Crippen molar-refractivity contribution in [2.24, 2.45) is 23.0 Å². The zero-order valence-corrected chi connectivity index (χ0v) is 14.8. The molecule has 0 aromatic rings. The average Bonchev–Trinajstić information content (AvgIpc) is 2.39. The van der Waals surface area contributed by atoms with Gasteiger partial charge in [0.05, 0.1) is 11.6 Å². The van der Waals surface area contributed by atoms with Crippen LogP contribution in [0.4, 0.5) is 0 Å². The number of aliphatic hydroxyl groups is 1. The van der Waals surface area contributed by atoms with Gasteiger partial charge in [-0.25, -0.2) is 0 Å². The summed E-state index contributed by atoms with van der Waals surface area (Å²) in [5.41, 5.74) is 5.87. The monoisotopic (exact) mass is 310 g/mol. The number of likely N-dealkylation sites (N-methyl/N-ethyl adjacent to an activating group) is 1. The van der Waals surface area contributed by atoms with Crippen LogP contribution in [0.15, 0.2) is 0 Å². The molecule has 2 bridgehead atoms. The Labute approximate surface area is 135 Å². The normalized spacial score (nSPS) is 39.4. The van der Waals surface area contributed by atoms with Crippen molar-refractivity contribution in [3.05, 3.63) is 0 Å². The Bertz CT molecular complexity index is 394. The van der Waals surface area contributed by atoms with Crippen molar-refractivity contribution in [3.8, 4) is 0 Å². The number of nitrogens with two attached hydrogens (primary N) is 1. The maximum Gasteiger partial charge on any atom is 0.239 e. The first-order valence-corrected chi connectivity index (χ1v) is 8.99. The SMILES string of the molecule is CCCN(CC)C(=O)[C@@H](N)C1CC2(O)CC(C)C[C@](C)(C1)C2. The molecule has 2 aliphatic carbocycles. The van der Waals surface area contributed by atoms with Crippen molar-refractivity contribution >= 4 is 5.91 Å². The molecular weight excluding hydrogens is 276 g/mol. The maximum atomic E-state index is 12.7. The summed E-state index contributed by atoms with van der Waals surface area (Å²) in [6.45, 7) is 10.1. The van der Waals surface area contributed by atoms with Crippen molar-refractivity contribution in [3.63, 3.8) is 0 Å². The number of amides is 1. The molecular formula is C18H34N2O2. The van der Waals surface area contributed by atoms with Crippen molar-refractivity contribution in [1.82, 2.24) is 4.90 Å². The number of rotatable bonds is 5. The summed E-state index contributed by atoms with van der Waals surface area (Å²) in [5, 5.41) is 11.0. The van der Waals surface area contributed by atoms with Crippen LogP contribution in [0.2, 0.25) is 0 Å². The zero-order chi connectivity index (χ0) is 16.5. The fourth-order valence-corrected chi connectivity index (χ4v) is 5.37. The fourth-order valence-electron chi connectivity index (χ4n) is 5.37. The Morgan fingerprint density at radius 2 is 2.00 bits per heavy atom. The van der Waals surface area contributed by atoms with Crippen LogP contribution in [0, 0.1) is 17.3 Å². The quantitative estimate of drug-likeness (QED) is 0.820. The summed E-state index contributed by atoms with van der Waals surface area (Å²) in [4.78, 5) is 14.5. The van der Waals surface area contributed by atoms with Crippen LogP contribution in [0.5, 0.6) is 0 Å². The molecule has 3 unspecified atom stereocenters. The van der Waals surface area contributed by atoms with E-state index in [1.165, 1.54) is 0 Å². The second-order valence-corrected chi connectivity index (χ2v) is 8.34. The van der Waals surface area contributed by atoms with Gasteiger partial charge in [0.15, 0.2) is 0 Å². The maximum absolute atomic E-state index is 12.7. The molecule has 5 atom stereocenters. The highest BCUT2D eigenvalue weighted by Gasteiger charge is 2.51. The van der Waals surface area contributed by atoms with E-state index in [0.717, 1.165) is 38.6 Å². The second-order valence-electron chi connectivity index (χ2n) is 8.34. The molecule has 0 spiro atoms. The fraction of sp³-hybridized carbons (Fsp3) is 0.944. The van der Waals surface area contributed by atoms with Gasteiger partial charge in [-0.05, 0) is 62.7 Å². The smallest absolute Gasteiger partial charge is 0.239 e. The summed E-state index contributed by atoms with van der Waals surface area (Å²) in [7, 11) is 0. The van der Waals surface area contributed by atoms with Gasteiger partial charge in [0, 0.05) is 13.1 Å². The van der Waals surface area contributed by atoms with E-state index in [2.05, 4.69) is 20.8 Å². The van der Waals surface area contributed by atoms with Gasteiger partial charge < -0.3 is 15.7 Å². The van der Waals surface area contributed by atoms with Crippen LogP contribution in [0.25, 0.3) is 0 Å². The van der Waals surface area contributed by atoms with Gasteiger partial charge in [0.2, 0.25) is 5.91 Å². The van der Waals surface area contributed by atoms with Crippen molar-refractivity contribution in [2.45, 2.75) is 77.9 Å². The van der Waals surface area contributed by atoms with Gasteiger partial charge in [-0.3, -0.25) is 4.79 Å². The molecule has 0 saturated heterocycles. The Kier molecular flexibility index (Phi) is 5.23. The van der Waals surface area contributed by atoms with Gasteiger partial charge in [0.1, 0.15) is 0 Å². The van der Waals surface area contributed by atoms with E-state index in [4.69, 9.17) is 5.73 Å². The lowest BCUT2D eigenvalue weighted by Gasteiger charge is -2.54. The third kappa shape index (κ3) is 3.65. The summed E-state index contributed by atoms with van der Waals surface area (Å²) < 4.78 is 0. The molecule has 0 heterocycles. The Morgan fingerprint density at radius 1 is 1.32 bits per heavy atom. The van der Waals surface area contributed by atoms with E-state index in [-0.39, 0.29) is 17.2 Å². The minimum atomic E-state index is -0.616. The van der Waals surface area contributed by atoms with E-state index in [0.29, 0.717) is 18.9 Å². The number of hydrogen-bond donors (Lipinski definition) is 2. The molecule has 2 fully saturated rings. The highest BCUT2D eigenvalue weighted by Crippen LogP contribution is 2.54. The number of hydrogen-bond acceptors (Lipinski definition) is 3. The van der Waals surface area contributed by atoms with Crippen molar-refractivity contribution in [1.29, 1.82) is 0 Å². The van der Waals surface area contributed by atoms with E-state index < -0.39 is 11.6 Å². The zero-order valence-electron chi connectivity index (χ0n) is 14.8. The highest BCUT2D eigenvalue weighted by molar-refractivity contribution is 5.82. The lowest BCUT2D eigenvalue weighted by molar-refractivity contribution is -0.142. The predicted molar refractivity (Wildman–Crippen MR) is 89.3 cm³/mol. The molecule has 4 nitrogen and oxygen atoms in total. The number of carbonyl (C=O) groups excluding carboxylic acids is 1. The summed E-state index contributed by atoms with van der Waals surface area (Å²) >= 11 is 0. The van der Waals surface area contributed by atoms with E-state index in [1.807, 2.05) is 11.8 Å². The first-order chi connectivity index (χ1) is 10.2. The number of carbonyl (C=O) groups is 1. The van der Waals surface area contributed by atoms with Gasteiger partial charge in [-0.15, -0.1) is 0 Å². The Morgan fingerprint density at radius 3 is 2.55 bits per heavy atom. The lowest BCUT2D eigenvalue weighted by Crippen LogP contribution is -2.56. The minimum absolute atomic E-state index is 0.0644. The molecule has 2 saturated carbocycles. The standard InChI is InChI=1S/C18H34N2O2/c1-5-7-20(6-2)16(21)15(19)14-10-17(4)8-13(3)9-18(22,11-14)12-17/h13-15,22H,5-12,19H2,1-4H3/t13?,14?,15-,17+,18?/m0/s1. The molecule has 2 aliphatic rings. The molecule has 3 N–H and O–H groups in total. The van der Waals surface area contributed by atoms with Crippen LogP contribution < -0.4 is 5.73 Å². The van der Waals surface area contributed by atoms with Gasteiger partial charge in [-0.2, -0.15) is 0 Å². The third-order valence-electron chi connectivity index (χ3n) is 5.70. The van der Waals surface area contributed by atoms with Crippen LogP contribution in [0.3, 0.4) is 0 Å². The molecule has 22 heavy (non-hydrogen) atoms. The Hall–Kier alpha value is -0.610. The molecule has 128 valence electrons. The van der Waals surface area contributed by atoms with Gasteiger partial charge in [0.25, 0.3) is 0 Å². The van der Waals surface area contributed by atoms with E-state index in [9.17, 15) is 9.90 Å². The predicted octanol–water partition coefficient (Wildman–Crippen LogP) is 2.54. The van der Waals surface area contributed by atoms with Gasteiger partial charge in [-0.1, -0.05) is 20.8 Å². The minimum Gasteiger partial charge on any atom is -0.390 e. The molecule has 2 rings (SSSR count). The lowest BCUT2D eigenvalue weighted by atomic mass is 9.54. The van der Waals surface area contributed by atoms with E-state index >= 15 is 0 Å². The third-order valence-corrected chi connectivity index (χ3v) is 5.70. The number of fused-ring (bicyclic) bond motifs is 2. The number of nitrogens with zero attached hydrogens (tertiary/aromatic N) is 1. The van der Waals surface area contributed by atoms with Crippen molar-refractivity contribution < 1.29 is 9.90 Å². The van der Waals surface area contributed by atoms with Crippen LogP contribution in [0.1, 0.15) is 66.2 Å². The van der Waals surface area contributed by atoms with Crippen molar-refractivity contribution in [2.75, 3.05) is 13.1 Å². The molecule has 4 heteroatoms. The highest BCUT2D eigenvalue weighted by atomic mass is 16.3. The molecule has 0 aromatic heterocycles. The van der Waals surface area contributed by atoms with Crippen LogP contribution in [-0.4, -0.2) is 40.6 Å². The van der Waals surface area contributed by atoms with Crippen LogP contribution in [-0.2, 0) is 4.79 Å².